The second-order valence-electron chi connectivity index (χ2n) is 5.28. The third kappa shape index (κ3) is 3.94. The second-order valence-corrected chi connectivity index (χ2v) is 5.28. The van der Waals surface area contributed by atoms with Crippen molar-refractivity contribution in [3.63, 3.8) is 0 Å². The summed E-state index contributed by atoms with van der Waals surface area (Å²) in [4.78, 5) is 13.2. The normalized spacial score (nSPS) is 23.4. The summed E-state index contributed by atoms with van der Waals surface area (Å²) >= 11 is 0. The summed E-state index contributed by atoms with van der Waals surface area (Å²) in [5.41, 5.74) is 4.62. The lowest BCUT2D eigenvalue weighted by molar-refractivity contribution is -0.143. The molecule has 0 bridgehead atoms. The van der Waals surface area contributed by atoms with Gasteiger partial charge >= 0.3 is 5.97 Å². The van der Waals surface area contributed by atoms with Gasteiger partial charge in [-0.05, 0) is 40.2 Å². The SMILES string of the molecule is CC(CC(C)(N)C(=O)O)N(C)C1CCOCC1. The van der Waals surface area contributed by atoms with Crippen molar-refractivity contribution in [3.05, 3.63) is 0 Å². The molecule has 17 heavy (non-hydrogen) atoms. The van der Waals surface area contributed by atoms with Crippen LogP contribution in [0.25, 0.3) is 0 Å². The van der Waals surface area contributed by atoms with Crippen molar-refractivity contribution in [3.8, 4) is 0 Å². The summed E-state index contributed by atoms with van der Waals surface area (Å²) < 4.78 is 5.32. The van der Waals surface area contributed by atoms with Crippen LogP contribution in [0.5, 0.6) is 0 Å². The van der Waals surface area contributed by atoms with Gasteiger partial charge in [-0.1, -0.05) is 0 Å². The number of carboxylic acid groups (broad SMARTS) is 1. The minimum Gasteiger partial charge on any atom is -0.480 e. The van der Waals surface area contributed by atoms with Gasteiger partial charge in [-0.2, -0.15) is 0 Å². The van der Waals surface area contributed by atoms with Gasteiger partial charge in [-0.15, -0.1) is 0 Å². The molecule has 5 heteroatoms. The molecule has 0 amide bonds. The maximum Gasteiger partial charge on any atom is 0.323 e. The minimum atomic E-state index is -1.15. The van der Waals surface area contributed by atoms with E-state index in [2.05, 4.69) is 4.90 Å². The third-order valence-corrected chi connectivity index (χ3v) is 3.67. The monoisotopic (exact) mass is 244 g/mol. The van der Waals surface area contributed by atoms with Crippen LogP contribution in [0.2, 0.25) is 0 Å². The largest absolute Gasteiger partial charge is 0.480 e. The lowest BCUT2D eigenvalue weighted by atomic mass is 9.93. The molecule has 5 nitrogen and oxygen atoms in total. The van der Waals surface area contributed by atoms with Crippen LogP contribution in [-0.2, 0) is 9.53 Å². The Labute approximate surface area is 103 Å². The van der Waals surface area contributed by atoms with Crippen LogP contribution >= 0.6 is 0 Å². The fourth-order valence-corrected chi connectivity index (χ4v) is 2.30. The minimum absolute atomic E-state index is 0.157. The fraction of sp³-hybridized carbons (Fsp3) is 0.917. The van der Waals surface area contributed by atoms with Crippen LogP contribution in [-0.4, -0.2) is 53.9 Å². The molecule has 3 N–H and O–H groups in total. The highest BCUT2D eigenvalue weighted by atomic mass is 16.5. The molecule has 1 saturated heterocycles. The van der Waals surface area contributed by atoms with Gasteiger partial charge in [0.1, 0.15) is 5.54 Å². The molecule has 1 rings (SSSR count). The molecule has 0 radical (unpaired) electrons. The zero-order valence-electron chi connectivity index (χ0n) is 11.0. The van der Waals surface area contributed by atoms with Gasteiger partial charge in [0.2, 0.25) is 0 Å². The second kappa shape index (κ2) is 5.80. The Hall–Kier alpha value is -0.650. The van der Waals surface area contributed by atoms with Crippen LogP contribution in [0.15, 0.2) is 0 Å². The molecular formula is C12H24N2O3. The molecule has 0 aliphatic carbocycles. The van der Waals surface area contributed by atoms with Gasteiger partial charge in [0, 0.05) is 25.3 Å². The van der Waals surface area contributed by atoms with Crippen molar-refractivity contribution in [2.24, 2.45) is 5.73 Å². The van der Waals surface area contributed by atoms with Crippen molar-refractivity contribution in [1.82, 2.24) is 4.90 Å². The Morgan fingerprint density at radius 1 is 1.59 bits per heavy atom. The zero-order valence-corrected chi connectivity index (χ0v) is 11.0. The molecule has 1 heterocycles. The molecule has 2 unspecified atom stereocenters. The van der Waals surface area contributed by atoms with E-state index < -0.39 is 11.5 Å². The van der Waals surface area contributed by atoms with Gasteiger partial charge in [-0.3, -0.25) is 4.79 Å². The number of carboxylic acids is 1. The number of hydrogen-bond acceptors (Lipinski definition) is 4. The van der Waals surface area contributed by atoms with E-state index in [0.717, 1.165) is 26.1 Å². The van der Waals surface area contributed by atoms with E-state index in [4.69, 9.17) is 15.6 Å². The van der Waals surface area contributed by atoms with Crippen molar-refractivity contribution in [1.29, 1.82) is 0 Å². The molecule has 1 fully saturated rings. The van der Waals surface area contributed by atoms with Crippen LogP contribution in [0.3, 0.4) is 0 Å². The van der Waals surface area contributed by atoms with Gasteiger partial charge in [-0.25, -0.2) is 0 Å². The first-order valence-electron chi connectivity index (χ1n) is 6.16. The van der Waals surface area contributed by atoms with Crippen LogP contribution in [0, 0.1) is 0 Å². The van der Waals surface area contributed by atoms with E-state index >= 15 is 0 Å². The standard InChI is InChI=1S/C12H24N2O3/c1-9(8-12(2,13)11(15)16)14(3)10-4-6-17-7-5-10/h9-10H,4-8,13H2,1-3H3,(H,15,16). The summed E-state index contributed by atoms with van der Waals surface area (Å²) in [5.74, 6) is -0.940. The first kappa shape index (κ1) is 14.4. The zero-order chi connectivity index (χ0) is 13.1. The molecular weight excluding hydrogens is 220 g/mol. The van der Waals surface area contributed by atoms with E-state index in [1.165, 1.54) is 0 Å². The summed E-state index contributed by atoms with van der Waals surface area (Å²) in [6, 6.07) is 0.632. The number of nitrogens with two attached hydrogens (primary N) is 1. The predicted octanol–water partition coefficient (Wildman–Crippen LogP) is 0.678. The molecule has 1 aliphatic heterocycles. The molecule has 0 aromatic rings. The summed E-state index contributed by atoms with van der Waals surface area (Å²) in [7, 11) is 2.04. The molecule has 0 aromatic heterocycles. The average molecular weight is 244 g/mol. The number of hydrogen-bond donors (Lipinski definition) is 2. The Bertz CT molecular complexity index is 262. The average Bonchev–Trinajstić information content (AvgIpc) is 2.28. The number of rotatable bonds is 5. The van der Waals surface area contributed by atoms with Gasteiger partial charge in [0.25, 0.3) is 0 Å². The van der Waals surface area contributed by atoms with E-state index in [9.17, 15) is 4.79 Å². The Balaban J connectivity index is 2.51. The molecule has 1 aliphatic rings. The van der Waals surface area contributed by atoms with Gasteiger partial charge in [0.15, 0.2) is 0 Å². The number of carbonyl (C=O) groups is 1. The highest BCUT2D eigenvalue weighted by Gasteiger charge is 2.33. The predicted molar refractivity (Wildman–Crippen MR) is 65.9 cm³/mol. The number of nitrogens with zero attached hydrogens (tertiary/aromatic N) is 1. The van der Waals surface area contributed by atoms with Crippen molar-refractivity contribution in [2.45, 2.75) is 50.7 Å². The van der Waals surface area contributed by atoms with Crippen molar-refractivity contribution < 1.29 is 14.6 Å². The Morgan fingerprint density at radius 2 is 2.12 bits per heavy atom. The lowest BCUT2D eigenvalue weighted by Crippen LogP contribution is -2.51. The fourth-order valence-electron chi connectivity index (χ4n) is 2.30. The van der Waals surface area contributed by atoms with Crippen molar-refractivity contribution in [2.75, 3.05) is 20.3 Å². The van der Waals surface area contributed by atoms with Crippen LogP contribution in [0.4, 0.5) is 0 Å². The highest BCUT2D eigenvalue weighted by molar-refractivity contribution is 5.77. The Kier molecular flexibility index (Phi) is 4.91. The van der Waals surface area contributed by atoms with Crippen LogP contribution in [0.1, 0.15) is 33.1 Å². The maximum absolute atomic E-state index is 11.0. The third-order valence-electron chi connectivity index (χ3n) is 3.67. The van der Waals surface area contributed by atoms with Crippen molar-refractivity contribution >= 4 is 5.97 Å². The number of ether oxygens (including phenoxy) is 1. The topological polar surface area (TPSA) is 75.8 Å². The Morgan fingerprint density at radius 3 is 2.59 bits per heavy atom. The number of aliphatic carboxylic acids is 1. The first-order chi connectivity index (χ1) is 7.84. The van der Waals surface area contributed by atoms with E-state index in [1.807, 2.05) is 14.0 Å². The molecule has 0 aromatic carbocycles. The van der Waals surface area contributed by atoms with Crippen LogP contribution < -0.4 is 5.73 Å². The summed E-state index contributed by atoms with van der Waals surface area (Å²) in [6.45, 7) is 5.19. The highest BCUT2D eigenvalue weighted by Crippen LogP contribution is 2.20. The summed E-state index contributed by atoms with van der Waals surface area (Å²) in [5, 5.41) is 9.02. The quantitative estimate of drug-likeness (QED) is 0.743. The van der Waals surface area contributed by atoms with E-state index in [-0.39, 0.29) is 6.04 Å². The first-order valence-corrected chi connectivity index (χ1v) is 6.16. The van der Waals surface area contributed by atoms with Gasteiger partial charge in [0.05, 0.1) is 0 Å². The maximum atomic E-state index is 11.0. The summed E-state index contributed by atoms with van der Waals surface area (Å²) in [6.07, 6.45) is 2.47. The molecule has 2 atom stereocenters. The molecule has 0 saturated carbocycles. The smallest absolute Gasteiger partial charge is 0.323 e. The van der Waals surface area contributed by atoms with E-state index in [1.54, 1.807) is 6.92 Å². The molecule has 0 spiro atoms. The van der Waals surface area contributed by atoms with Gasteiger partial charge < -0.3 is 20.5 Å². The molecule has 100 valence electrons. The lowest BCUT2D eigenvalue weighted by Gasteiger charge is -2.37. The van der Waals surface area contributed by atoms with E-state index in [0.29, 0.717) is 12.5 Å².